The molecule has 2 saturated heterocycles. The Kier molecular flexibility index (Phi) is 5.65. The van der Waals surface area contributed by atoms with Gasteiger partial charge in [0, 0.05) is 44.9 Å². The number of piperidine rings is 1. The number of carbonyl (C=O) groups excluding carboxylic acids is 1. The zero-order valence-corrected chi connectivity index (χ0v) is 13.6. The fourth-order valence-corrected chi connectivity index (χ4v) is 3.32. The van der Waals surface area contributed by atoms with E-state index in [1.807, 2.05) is 23.1 Å². The van der Waals surface area contributed by atoms with E-state index in [0.29, 0.717) is 5.92 Å². The highest BCUT2D eigenvalue weighted by molar-refractivity contribution is 5.94. The van der Waals surface area contributed by atoms with Crippen LogP contribution < -0.4 is 0 Å². The van der Waals surface area contributed by atoms with Crippen LogP contribution in [0.25, 0.3) is 0 Å². The standard InChI is InChI=1S/C18H26N2O3/c21-14-15-4-6-20(7-5-15)18(22)17-3-1-2-16(12-17)13-19-8-10-23-11-9-19/h1-3,12,15,21H,4-11,13-14H2. The van der Waals surface area contributed by atoms with Crippen LogP contribution in [0.2, 0.25) is 0 Å². The quantitative estimate of drug-likeness (QED) is 0.911. The van der Waals surface area contributed by atoms with E-state index in [0.717, 1.165) is 64.3 Å². The fraction of sp³-hybridized carbons (Fsp3) is 0.611. The maximum absolute atomic E-state index is 12.7. The van der Waals surface area contributed by atoms with Gasteiger partial charge in [-0.15, -0.1) is 0 Å². The number of aliphatic hydroxyl groups excluding tert-OH is 1. The highest BCUT2D eigenvalue weighted by Gasteiger charge is 2.23. The SMILES string of the molecule is O=C(c1cccc(CN2CCOCC2)c1)N1CCC(CO)CC1. The molecular formula is C18H26N2O3. The lowest BCUT2D eigenvalue weighted by molar-refractivity contribution is 0.0341. The van der Waals surface area contributed by atoms with Crippen LogP contribution in [-0.4, -0.2) is 66.8 Å². The summed E-state index contributed by atoms with van der Waals surface area (Å²) in [5.74, 6) is 0.469. The van der Waals surface area contributed by atoms with Gasteiger partial charge < -0.3 is 14.7 Å². The van der Waals surface area contributed by atoms with Crippen LogP contribution >= 0.6 is 0 Å². The Labute approximate surface area is 137 Å². The molecule has 3 rings (SSSR count). The molecule has 0 atom stereocenters. The minimum atomic E-state index is 0.116. The second-order valence-electron chi connectivity index (χ2n) is 6.51. The molecule has 1 aromatic carbocycles. The van der Waals surface area contributed by atoms with Crippen molar-refractivity contribution < 1.29 is 14.6 Å². The van der Waals surface area contributed by atoms with E-state index in [1.54, 1.807) is 0 Å². The van der Waals surface area contributed by atoms with Crippen LogP contribution in [0.3, 0.4) is 0 Å². The van der Waals surface area contributed by atoms with E-state index in [1.165, 1.54) is 5.56 Å². The maximum atomic E-state index is 12.7. The number of likely N-dealkylation sites (tertiary alicyclic amines) is 1. The van der Waals surface area contributed by atoms with Crippen molar-refractivity contribution in [2.24, 2.45) is 5.92 Å². The van der Waals surface area contributed by atoms with E-state index < -0.39 is 0 Å². The monoisotopic (exact) mass is 318 g/mol. The zero-order chi connectivity index (χ0) is 16.1. The summed E-state index contributed by atoms with van der Waals surface area (Å²) in [6, 6.07) is 7.99. The van der Waals surface area contributed by atoms with Crippen LogP contribution in [0, 0.1) is 5.92 Å². The summed E-state index contributed by atoms with van der Waals surface area (Å²) in [7, 11) is 0. The molecule has 5 nitrogen and oxygen atoms in total. The van der Waals surface area contributed by atoms with E-state index in [4.69, 9.17) is 4.74 Å². The molecule has 0 aromatic heterocycles. The number of hydrogen-bond donors (Lipinski definition) is 1. The van der Waals surface area contributed by atoms with Crippen LogP contribution in [0.15, 0.2) is 24.3 Å². The van der Waals surface area contributed by atoms with Gasteiger partial charge in [-0.05, 0) is 36.5 Å². The molecule has 0 aliphatic carbocycles. The molecule has 0 radical (unpaired) electrons. The Morgan fingerprint density at radius 1 is 1.17 bits per heavy atom. The average Bonchev–Trinajstić information content (AvgIpc) is 2.62. The predicted octanol–water partition coefficient (Wildman–Crippen LogP) is 1.36. The lowest BCUT2D eigenvalue weighted by atomic mass is 9.97. The molecule has 5 heteroatoms. The number of hydrogen-bond acceptors (Lipinski definition) is 4. The first kappa shape index (κ1) is 16.4. The minimum absolute atomic E-state index is 0.116. The summed E-state index contributed by atoms with van der Waals surface area (Å²) in [5, 5.41) is 9.21. The Bertz CT molecular complexity index is 521. The molecule has 126 valence electrons. The summed E-state index contributed by atoms with van der Waals surface area (Å²) in [6.07, 6.45) is 1.80. The number of ether oxygens (including phenoxy) is 1. The van der Waals surface area contributed by atoms with Gasteiger partial charge in [0.05, 0.1) is 13.2 Å². The van der Waals surface area contributed by atoms with Crippen molar-refractivity contribution in [3.05, 3.63) is 35.4 Å². The molecule has 0 saturated carbocycles. The van der Waals surface area contributed by atoms with E-state index >= 15 is 0 Å². The first-order chi connectivity index (χ1) is 11.3. The van der Waals surface area contributed by atoms with Crippen LogP contribution in [0.1, 0.15) is 28.8 Å². The number of morpholine rings is 1. The van der Waals surface area contributed by atoms with Crippen molar-refractivity contribution in [2.75, 3.05) is 46.0 Å². The van der Waals surface area contributed by atoms with Gasteiger partial charge in [0.1, 0.15) is 0 Å². The topological polar surface area (TPSA) is 53.0 Å². The largest absolute Gasteiger partial charge is 0.396 e. The number of carbonyl (C=O) groups is 1. The molecular weight excluding hydrogens is 292 g/mol. The third-order valence-electron chi connectivity index (χ3n) is 4.84. The summed E-state index contributed by atoms with van der Waals surface area (Å²) in [6.45, 7) is 6.08. The van der Waals surface area contributed by atoms with Gasteiger partial charge in [0.2, 0.25) is 0 Å². The summed E-state index contributed by atoms with van der Waals surface area (Å²) in [4.78, 5) is 16.9. The van der Waals surface area contributed by atoms with Crippen molar-refractivity contribution >= 4 is 5.91 Å². The number of aliphatic hydroxyl groups is 1. The smallest absolute Gasteiger partial charge is 0.253 e. The molecule has 0 spiro atoms. The number of amides is 1. The molecule has 1 aromatic rings. The van der Waals surface area contributed by atoms with Crippen molar-refractivity contribution in [1.29, 1.82) is 0 Å². The summed E-state index contributed by atoms with van der Waals surface area (Å²) in [5.41, 5.74) is 1.96. The fourth-order valence-electron chi connectivity index (χ4n) is 3.32. The van der Waals surface area contributed by atoms with Crippen LogP contribution in [0.5, 0.6) is 0 Å². The summed E-state index contributed by atoms with van der Waals surface area (Å²) >= 11 is 0. The molecule has 1 amide bonds. The number of benzene rings is 1. The van der Waals surface area contributed by atoms with Gasteiger partial charge in [-0.1, -0.05) is 12.1 Å². The Hall–Kier alpha value is -1.43. The first-order valence-corrected chi connectivity index (χ1v) is 8.55. The highest BCUT2D eigenvalue weighted by Crippen LogP contribution is 2.19. The lowest BCUT2D eigenvalue weighted by Crippen LogP contribution is -2.39. The van der Waals surface area contributed by atoms with Crippen molar-refractivity contribution in [1.82, 2.24) is 9.80 Å². The first-order valence-electron chi connectivity index (χ1n) is 8.55. The summed E-state index contributed by atoms with van der Waals surface area (Å²) < 4.78 is 5.38. The third-order valence-corrected chi connectivity index (χ3v) is 4.84. The van der Waals surface area contributed by atoms with E-state index in [9.17, 15) is 9.90 Å². The van der Waals surface area contributed by atoms with Gasteiger partial charge in [0.25, 0.3) is 5.91 Å². The average molecular weight is 318 g/mol. The van der Waals surface area contributed by atoms with Gasteiger partial charge >= 0.3 is 0 Å². The zero-order valence-electron chi connectivity index (χ0n) is 13.6. The minimum Gasteiger partial charge on any atom is -0.396 e. The lowest BCUT2D eigenvalue weighted by Gasteiger charge is -2.31. The Morgan fingerprint density at radius 2 is 1.91 bits per heavy atom. The molecule has 23 heavy (non-hydrogen) atoms. The molecule has 2 heterocycles. The molecule has 0 bridgehead atoms. The third kappa shape index (κ3) is 4.31. The number of nitrogens with zero attached hydrogens (tertiary/aromatic N) is 2. The van der Waals surface area contributed by atoms with Gasteiger partial charge in [0.15, 0.2) is 0 Å². The molecule has 2 aliphatic heterocycles. The Balaban J connectivity index is 1.61. The molecule has 1 N–H and O–H groups in total. The van der Waals surface area contributed by atoms with Crippen molar-refractivity contribution in [3.63, 3.8) is 0 Å². The number of rotatable bonds is 4. The highest BCUT2D eigenvalue weighted by atomic mass is 16.5. The molecule has 0 unspecified atom stereocenters. The predicted molar refractivity (Wildman–Crippen MR) is 88.3 cm³/mol. The normalized spacial score (nSPS) is 20.7. The van der Waals surface area contributed by atoms with Gasteiger partial charge in [-0.3, -0.25) is 9.69 Å². The van der Waals surface area contributed by atoms with E-state index in [2.05, 4.69) is 11.0 Å². The van der Waals surface area contributed by atoms with E-state index in [-0.39, 0.29) is 12.5 Å². The van der Waals surface area contributed by atoms with Gasteiger partial charge in [-0.2, -0.15) is 0 Å². The Morgan fingerprint density at radius 3 is 2.61 bits per heavy atom. The van der Waals surface area contributed by atoms with Crippen molar-refractivity contribution in [2.45, 2.75) is 19.4 Å². The van der Waals surface area contributed by atoms with Crippen LogP contribution in [-0.2, 0) is 11.3 Å². The molecule has 2 aliphatic rings. The van der Waals surface area contributed by atoms with Gasteiger partial charge in [-0.25, -0.2) is 0 Å². The second-order valence-corrected chi connectivity index (χ2v) is 6.51. The molecule has 2 fully saturated rings. The van der Waals surface area contributed by atoms with Crippen molar-refractivity contribution in [3.8, 4) is 0 Å². The second kappa shape index (κ2) is 7.90. The maximum Gasteiger partial charge on any atom is 0.253 e. The van der Waals surface area contributed by atoms with Crippen LogP contribution in [0.4, 0.5) is 0 Å².